The van der Waals surface area contributed by atoms with Crippen LogP contribution in [0.1, 0.15) is 26.7 Å². The fourth-order valence-electron chi connectivity index (χ4n) is 2.70. The second-order valence-corrected chi connectivity index (χ2v) is 5.56. The van der Waals surface area contributed by atoms with Crippen LogP contribution in [-0.2, 0) is 0 Å². The van der Waals surface area contributed by atoms with E-state index < -0.39 is 0 Å². The summed E-state index contributed by atoms with van der Waals surface area (Å²) in [6.07, 6.45) is 2.16. The van der Waals surface area contributed by atoms with E-state index in [9.17, 15) is 4.39 Å². The first-order valence-corrected chi connectivity index (χ1v) is 7.47. The Labute approximate surface area is 121 Å². The van der Waals surface area contributed by atoms with Crippen LogP contribution < -0.4 is 15.0 Å². The Morgan fingerprint density at radius 3 is 3.00 bits per heavy atom. The van der Waals surface area contributed by atoms with Crippen LogP contribution in [0.3, 0.4) is 0 Å². The molecule has 1 aromatic rings. The predicted molar refractivity (Wildman–Crippen MR) is 81.0 cm³/mol. The molecule has 1 aliphatic heterocycles. The number of ether oxygens (including phenoxy) is 1. The second-order valence-electron chi connectivity index (χ2n) is 5.56. The van der Waals surface area contributed by atoms with Gasteiger partial charge in [-0.05, 0) is 31.0 Å². The van der Waals surface area contributed by atoms with E-state index in [1.807, 2.05) is 0 Å². The molecule has 1 fully saturated rings. The summed E-state index contributed by atoms with van der Waals surface area (Å²) in [5.41, 5.74) is 0.654. The fraction of sp³-hybridized carbons (Fsp3) is 0.625. The Morgan fingerprint density at radius 2 is 2.30 bits per heavy atom. The number of rotatable bonds is 4. The summed E-state index contributed by atoms with van der Waals surface area (Å²) in [6.45, 7) is 7.18. The molecule has 2 rings (SSSR count). The maximum absolute atomic E-state index is 14.1. The molecule has 0 radical (unpaired) electrons. The molecule has 1 saturated heterocycles. The van der Waals surface area contributed by atoms with Gasteiger partial charge in [0.05, 0.1) is 12.8 Å². The lowest BCUT2D eigenvalue weighted by Gasteiger charge is -2.30. The summed E-state index contributed by atoms with van der Waals surface area (Å²) in [5.74, 6) is 1.12. The highest BCUT2D eigenvalue weighted by molar-refractivity contribution is 5.52. The number of methoxy groups -OCH3 is 1. The SMILES string of the molecule is CCC(C)C1CN(c2cc(OC)ccc2F)CCCN1. The molecular weight excluding hydrogens is 255 g/mol. The van der Waals surface area contributed by atoms with Crippen LogP contribution in [0.4, 0.5) is 10.1 Å². The minimum atomic E-state index is -0.171. The van der Waals surface area contributed by atoms with Crippen LogP contribution >= 0.6 is 0 Å². The smallest absolute Gasteiger partial charge is 0.146 e. The number of hydrogen-bond acceptors (Lipinski definition) is 3. The fourth-order valence-corrected chi connectivity index (χ4v) is 2.70. The molecule has 3 nitrogen and oxygen atoms in total. The molecule has 0 aliphatic carbocycles. The van der Waals surface area contributed by atoms with E-state index in [0.29, 0.717) is 23.4 Å². The van der Waals surface area contributed by atoms with Crippen molar-refractivity contribution in [2.75, 3.05) is 31.6 Å². The Morgan fingerprint density at radius 1 is 1.50 bits per heavy atom. The first-order valence-electron chi connectivity index (χ1n) is 7.47. The van der Waals surface area contributed by atoms with Gasteiger partial charge in [0.25, 0.3) is 0 Å². The van der Waals surface area contributed by atoms with Crippen LogP contribution in [-0.4, -0.2) is 32.8 Å². The van der Waals surface area contributed by atoms with Crippen molar-refractivity contribution in [3.8, 4) is 5.75 Å². The molecule has 0 bridgehead atoms. The number of anilines is 1. The zero-order valence-corrected chi connectivity index (χ0v) is 12.7. The summed E-state index contributed by atoms with van der Waals surface area (Å²) in [5, 5.41) is 3.58. The topological polar surface area (TPSA) is 24.5 Å². The Bertz CT molecular complexity index is 438. The Hall–Kier alpha value is -1.29. The number of nitrogens with one attached hydrogen (secondary N) is 1. The quantitative estimate of drug-likeness (QED) is 0.917. The van der Waals surface area contributed by atoms with E-state index >= 15 is 0 Å². The van der Waals surface area contributed by atoms with Gasteiger partial charge in [-0.15, -0.1) is 0 Å². The molecule has 2 unspecified atom stereocenters. The predicted octanol–water partition coefficient (Wildman–Crippen LogP) is 3.05. The van der Waals surface area contributed by atoms with Crippen molar-refractivity contribution in [2.24, 2.45) is 5.92 Å². The van der Waals surface area contributed by atoms with Gasteiger partial charge in [0.2, 0.25) is 0 Å². The van der Waals surface area contributed by atoms with E-state index in [2.05, 4.69) is 24.1 Å². The van der Waals surface area contributed by atoms with Gasteiger partial charge in [0.15, 0.2) is 0 Å². The first-order chi connectivity index (χ1) is 9.65. The number of nitrogens with zero attached hydrogens (tertiary/aromatic N) is 1. The molecule has 1 aromatic carbocycles. The maximum Gasteiger partial charge on any atom is 0.146 e. The highest BCUT2D eigenvalue weighted by Gasteiger charge is 2.23. The number of hydrogen-bond donors (Lipinski definition) is 1. The third-order valence-electron chi connectivity index (χ3n) is 4.25. The normalized spacial score (nSPS) is 21.4. The minimum absolute atomic E-state index is 0.171. The standard InChI is InChI=1S/C16H25FN2O/c1-4-12(2)15-11-19(9-5-8-18-15)16-10-13(20-3)6-7-14(16)17/h6-7,10,12,15,18H,4-5,8-9,11H2,1-3H3. The summed E-state index contributed by atoms with van der Waals surface area (Å²) in [6, 6.07) is 5.37. The highest BCUT2D eigenvalue weighted by atomic mass is 19.1. The van der Waals surface area contributed by atoms with Crippen molar-refractivity contribution in [3.05, 3.63) is 24.0 Å². The molecule has 20 heavy (non-hydrogen) atoms. The van der Waals surface area contributed by atoms with Crippen LogP contribution in [0.25, 0.3) is 0 Å². The van der Waals surface area contributed by atoms with Crippen LogP contribution in [0.15, 0.2) is 18.2 Å². The van der Waals surface area contributed by atoms with Gasteiger partial charge >= 0.3 is 0 Å². The van der Waals surface area contributed by atoms with E-state index in [0.717, 1.165) is 32.5 Å². The Balaban J connectivity index is 2.21. The summed E-state index contributed by atoms with van der Waals surface area (Å²) in [7, 11) is 1.61. The van der Waals surface area contributed by atoms with Gasteiger partial charge in [-0.25, -0.2) is 4.39 Å². The molecular formula is C16H25FN2O. The molecule has 1 N–H and O–H groups in total. The zero-order valence-electron chi connectivity index (χ0n) is 12.7. The maximum atomic E-state index is 14.1. The van der Waals surface area contributed by atoms with Crippen molar-refractivity contribution in [3.63, 3.8) is 0 Å². The average molecular weight is 280 g/mol. The van der Waals surface area contributed by atoms with Crippen molar-refractivity contribution < 1.29 is 9.13 Å². The molecule has 1 heterocycles. The minimum Gasteiger partial charge on any atom is -0.497 e. The van der Waals surface area contributed by atoms with E-state index in [1.54, 1.807) is 19.2 Å². The van der Waals surface area contributed by atoms with E-state index in [4.69, 9.17) is 4.74 Å². The molecule has 0 aromatic heterocycles. The molecule has 112 valence electrons. The largest absolute Gasteiger partial charge is 0.497 e. The van der Waals surface area contributed by atoms with E-state index in [1.165, 1.54) is 6.07 Å². The zero-order chi connectivity index (χ0) is 14.5. The van der Waals surface area contributed by atoms with Gasteiger partial charge < -0.3 is 15.0 Å². The number of benzene rings is 1. The molecule has 0 amide bonds. The van der Waals surface area contributed by atoms with Gasteiger partial charge in [-0.1, -0.05) is 20.3 Å². The Kier molecular flexibility index (Phi) is 5.24. The van der Waals surface area contributed by atoms with Crippen molar-refractivity contribution >= 4 is 5.69 Å². The molecule has 2 atom stereocenters. The van der Waals surface area contributed by atoms with Gasteiger partial charge in [0, 0.05) is 25.2 Å². The van der Waals surface area contributed by atoms with Gasteiger partial charge in [-0.3, -0.25) is 0 Å². The summed E-state index contributed by atoms with van der Waals surface area (Å²) >= 11 is 0. The lowest BCUT2D eigenvalue weighted by Crippen LogP contribution is -2.42. The first kappa shape index (κ1) is 15.1. The second kappa shape index (κ2) is 6.93. The lowest BCUT2D eigenvalue weighted by molar-refractivity contribution is 0.383. The van der Waals surface area contributed by atoms with Crippen LogP contribution in [0, 0.1) is 11.7 Å². The summed E-state index contributed by atoms with van der Waals surface area (Å²) in [4.78, 5) is 2.15. The monoisotopic (exact) mass is 280 g/mol. The van der Waals surface area contributed by atoms with Crippen molar-refractivity contribution in [1.82, 2.24) is 5.32 Å². The lowest BCUT2D eigenvalue weighted by atomic mass is 9.99. The molecule has 4 heteroatoms. The van der Waals surface area contributed by atoms with Crippen LogP contribution in [0.2, 0.25) is 0 Å². The molecule has 0 spiro atoms. The van der Waals surface area contributed by atoms with Crippen molar-refractivity contribution in [2.45, 2.75) is 32.7 Å². The van der Waals surface area contributed by atoms with Crippen LogP contribution in [0.5, 0.6) is 5.75 Å². The average Bonchev–Trinajstić information content (AvgIpc) is 2.73. The highest BCUT2D eigenvalue weighted by Crippen LogP contribution is 2.27. The molecule has 1 aliphatic rings. The third kappa shape index (κ3) is 3.42. The van der Waals surface area contributed by atoms with Gasteiger partial charge in [-0.2, -0.15) is 0 Å². The van der Waals surface area contributed by atoms with Crippen molar-refractivity contribution in [1.29, 1.82) is 0 Å². The third-order valence-corrected chi connectivity index (χ3v) is 4.25. The molecule has 0 saturated carbocycles. The number of halogens is 1. The summed E-state index contributed by atoms with van der Waals surface area (Å²) < 4.78 is 19.3. The van der Waals surface area contributed by atoms with Gasteiger partial charge in [0.1, 0.15) is 11.6 Å². The van der Waals surface area contributed by atoms with E-state index in [-0.39, 0.29) is 5.82 Å².